The van der Waals surface area contributed by atoms with Gasteiger partial charge in [-0.1, -0.05) is 18.7 Å². The van der Waals surface area contributed by atoms with Crippen LogP contribution in [0.1, 0.15) is 27.7 Å². The van der Waals surface area contributed by atoms with E-state index in [1.54, 1.807) is 20.8 Å². The SMILES string of the molecule is CCSC(=O)CNC(=O)OC(C)(C)C. The number of thioether (sulfide) groups is 1. The van der Waals surface area contributed by atoms with Gasteiger partial charge in [-0.2, -0.15) is 0 Å². The highest BCUT2D eigenvalue weighted by Crippen LogP contribution is 2.06. The predicted molar refractivity (Wildman–Crippen MR) is 57.4 cm³/mol. The third-order valence-electron chi connectivity index (χ3n) is 1.08. The quantitative estimate of drug-likeness (QED) is 0.786. The summed E-state index contributed by atoms with van der Waals surface area (Å²) in [6.45, 7) is 7.23. The van der Waals surface area contributed by atoms with E-state index in [-0.39, 0.29) is 11.7 Å². The lowest BCUT2D eigenvalue weighted by atomic mass is 10.2. The van der Waals surface area contributed by atoms with Crippen LogP contribution in [-0.4, -0.2) is 29.1 Å². The average molecular weight is 219 g/mol. The maximum Gasteiger partial charge on any atom is 0.408 e. The normalized spacial score (nSPS) is 10.9. The van der Waals surface area contributed by atoms with Crippen LogP contribution in [0, 0.1) is 0 Å². The minimum absolute atomic E-state index is 0.0212. The Bertz CT molecular complexity index is 211. The lowest BCUT2D eigenvalue weighted by Crippen LogP contribution is -2.34. The molecule has 1 N–H and O–H groups in total. The van der Waals surface area contributed by atoms with Crippen molar-refractivity contribution < 1.29 is 14.3 Å². The molecule has 4 nitrogen and oxygen atoms in total. The number of alkyl carbamates (subject to hydrolysis) is 1. The van der Waals surface area contributed by atoms with Crippen molar-refractivity contribution in [3.8, 4) is 0 Å². The third kappa shape index (κ3) is 7.91. The second kappa shape index (κ2) is 5.90. The number of hydrogen-bond acceptors (Lipinski definition) is 4. The van der Waals surface area contributed by atoms with E-state index in [2.05, 4.69) is 5.32 Å². The molecule has 0 fully saturated rings. The van der Waals surface area contributed by atoms with Crippen molar-refractivity contribution in [2.75, 3.05) is 12.3 Å². The van der Waals surface area contributed by atoms with Gasteiger partial charge in [-0.15, -0.1) is 0 Å². The molecule has 0 atom stereocenters. The first-order valence-corrected chi connectivity index (χ1v) is 5.46. The van der Waals surface area contributed by atoms with Gasteiger partial charge in [0, 0.05) is 0 Å². The zero-order valence-electron chi connectivity index (χ0n) is 9.05. The minimum atomic E-state index is -0.553. The Morgan fingerprint density at radius 2 is 1.93 bits per heavy atom. The van der Waals surface area contributed by atoms with Crippen molar-refractivity contribution >= 4 is 23.0 Å². The molecule has 0 bridgehead atoms. The molecule has 14 heavy (non-hydrogen) atoms. The van der Waals surface area contributed by atoms with Crippen LogP contribution >= 0.6 is 11.8 Å². The van der Waals surface area contributed by atoms with Crippen molar-refractivity contribution in [2.45, 2.75) is 33.3 Å². The number of amides is 1. The molecule has 0 rings (SSSR count). The molecule has 0 aromatic rings. The van der Waals surface area contributed by atoms with Gasteiger partial charge in [0.25, 0.3) is 0 Å². The fraction of sp³-hybridized carbons (Fsp3) is 0.778. The lowest BCUT2D eigenvalue weighted by molar-refractivity contribution is -0.110. The van der Waals surface area contributed by atoms with Crippen LogP contribution in [0.2, 0.25) is 0 Å². The molecule has 0 aromatic carbocycles. The molecule has 5 heteroatoms. The summed E-state index contributed by atoms with van der Waals surface area (Å²) in [6, 6.07) is 0. The number of carbonyl (C=O) groups excluding carboxylic acids is 2. The van der Waals surface area contributed by atoms with E-state index in [1.165, 1.54) is 11.8 Å². The van der Waals surface area contributed by atoms with Crippen LogP contribution in [0.15, 0.2) is 0 Å². The highest BCUT2D eigenvalue weighted by atomic mass is 32.2. The summed E-state index contributed by atoms with van der Waals surface area (Å²) in [5, 5.41) is 2.34. The van der Waals surface area contributed by atoms with E-state index < -0.39 is 11.7 Å². The zero-order valence-corrected chi connectivity index (χ0v) is 9.86. The van der Waals surface area contributed by atoms with Gasteiger partial charge in [-0.05, 0) is 26.5 Å². The topological polar surface area (TPSA) is 55.4 Å². The van der Waals surface area contributed by atoms with Crippen LogP contribution in [0.5, 0.6) is 0 Å². The van der Waals surface area contributed by atoms with E-state index in [9.17, 15) is 9.59 Å². The first kappa shape index (κ1) is 13.3. The first-order valence-electron chi connectivity index (χ1n) is 4.47. The molecular weight excluding hydrogens is 202 g/mol. The third-order valence-corrected chi connectivity index (χ3v) is 1.84. The van der Waals surface area contributed by atoms with Crippen molar-refractivity contribution in [3.05, 3.63) is 0 Å². The van der Waals surface area contributed by atoms with E-state index in [0.717, 1.165) is 5.75 Å². The van der Waals surface area contributed by atoms with E-state index in [1.807, 2.05) is 6.92 Å². The summed E-state index contributed by atoms with van der Waals surface area (Å²) in [6.07, 6.45) is -0.553. The molecule has 0 aliphatic carbocycles. The maximum absolute atomic E-state index is 11.1. The van der Waals surface area contributed by atoms with E-state index in [4.69, 9.17) is 4.74 Å². The van der Waals surface area contributed by atoms with Gasteiger partial charge in [0.15, 0.2) is 0 Å². The average Bonchev–Trinajstić information content (AvgIpc) is 1.98. The zero-order chi connectivity index (χ0) is 11.2. The molecule has 0 aliphatic heterocycles. The summed E-state index contributed by atoms with van der Waals surface area (Å²) in [5.41, 5.74) is -0.523. The van der Waals surface area contributed by atoms with Crippen molar-refractivity contribution in [2.24, 2.45) is 0 Å². The van der Waals surface area contributed by atoms with Crippen LogP contribution in [-0.2, 0) is 9.53 Å². The van der Waals surface area contributed by atoms with Gasteiger partial charge < -0.3 is 10.1 Å². The minimum Gasteiger partial charge on any atom is -0.444 e. The largest absolute Gasteiger partial charge is 0.444 e. The molecule has 1 amide bonds. The molecule has 0 saturated heterocycles. The molecule has 0 spiro atoms. The maximum atomic E-state index is 11.1. The second-order valence-electron chi connectivity index (χ2n) is 3.66. The molecule has 0 saturated carbocycles. The van der Waals surface area contributed by atoms with Gasteiger partial charge in [-0.3, -0.25) is 4.79 Å². The van der Waals surface area contributed by atoms with Crippen LogP contribution in [0.3, 0.4) is 0 Å². The molecule has 0 aliphatic rings. The second-order valence-corrected chi connectivity index (χ2v) is 4.98. The molecule has 0 unspecified atom stereocenters. The van der Waals surface area contributed by atoms with Crippen LogP contribution in [0.4, 0.5) is 4.79 Å². The fourth-order valence-corrected chi connectivity index (χ4v) is 1.17. The van der Waals surface area contributed by atoms with Crippen molar-refractivity contribution in [1.29, 1.82) is 0 Å². The fourth-order valence-electron chi connectivity index (χ4n) is 0.671. The first-order chi connectivity index (χ1) is 6.35. The number of ether oxygens (including phenoxy) is 1. The van der Waals surface area contributed by atoms with Gasteiger partial charge in [-0.25, -0.2) is 4.79 Å². The standard InChI is InChI=1S/C9H17NO3S/c1-5-14-7(11)6-10-8(12)13-9(2,3)4/h5-6H2,1-4H3,(H,10,12). The highest BCUT2D eigenvalue weighted by molar-refractivity contribution is 8.13. The number of nitrogens with one attached hydrogen (secondary N) is 1. The van der Waals surface area contributed by atoms with Crippen LogP contribution < -0.4 is 5.32 Å². The van der Waals surface area contributed by atoms with Gasteiger partial charge in [0.05, 0.1) is 6.54 Å². The molecule has 0 aromatic heterocycles. The highest BCUT2D eigenvalue weighted by Gasteiger charge is 2.16. The van der Waals surface area contributed by atoms with E-state index in [0.29, 0.717) is 0 Å². The van der Waals surface area contributed by atoms with Crippen molar-refractivity contribution in [1.82, 2.24) is 5.32 Å². The molecule has 0 radical (unpaired) electrons. The lowest BCUT2D eigenvalue weighted by Gasteiger charge is -2.19. The smallest absolute Gasteiger partial charge is 0.408 e. The predicted octanol–water partition coefficient (Wildman–Crippen LogP) is 1.79. The Kier molecular flexibility index (Phi) is 5.60. The molecular formula is C9H17NO3S. The summed E-state index contributed by atoms with van der Waals surface area (Å²) in [7, 11) is 0. The Hall–Kier alpha value is -0.710. The monoisotopic (exact) mass is 219 g/mol. The Labute approximate surface area is 88.8 Å². The summed E-state index contributed by atoms with van der Waals surface area (Å²) < 4.78 is 4.95. The Morgan fingerprint density at radius 1 is 1.36 bits per heavy atom. The Balaban J connectivity index is 3.70. The number of carbonyl (C=O) groups is 2. The summed E-state index contributed by atoms with van der Waals surface area (Å²) in [5.74, 6) is 0.717. The number of rotatable bonds is 3. The number of hydrogen-bond donors (Lipinski definition) is 1. The van der Waals surface area contributed by atoms with Gasteiger partial charge >= 0.3 is 6.09 Å². The Morgan fingerprint density at radius 3 is 2.36 bits per heavy atom. The molecule has 82 valence electrons. The van der Waals surface area contributed by atoms with E-state index >= 15 is 0 Å². The van der Waals surface area contributed by atoms with Crippen LogP contribution in [0.25, 0.3) is 0 Å². The van der Waals surface area contributed by atoms with Gasteiger partial charge in [0.1, 0.15) is 5.60 Å². The van der Waals surface area contributed by atoms with Crippen molar-refractivity contribution in [3.63, 3.8) is 0 Å². The summed E-state index contributed by atoms with van der Waals surface area (Å²) in [4.78, 5) is 22.1. The molecule has 0 heterocycles. The van der Waals surface area contributed by atoms with Gasteiger partial charge in [0.2, 0.25) is 5.12 Å². The summed E-state index contributed by atoms with van der Waals surface area (Å²) >= 11 is 1.18.